The Morgan fingerprint density at radius 3 is 1.68 bits per heavy atom. The predicted molar refractivity (Wildman–Crippen MR) is 92.8 cm³/mol. The first kappa shape index (κ1) is 21.5. The van der Waals surface area contributed by atoms with Gasteiger partial charge >= 0.3 is 17.9 Å². The Morgan fingerprint density at radius 1 is 0.880 bits per heavy atom. The lowest BCUT2D eigenvalue weighted by Crippen LogP contribution is -2.49. The highest BCUT2D eigenvalue weighted by Crippen LogP contribution is 2.40. The Bertz CT molecular complexity index is 445. The highest BCUT2D eigenvalue weighted by molar-refractivity contribution is 5.70. The molecule has 1 aliphatic carbocycles. The molecule has 0 radical (unpaired) electrons. The fraction of sp³-hybridized carbons (Fsp3) is 0.842. The van der Waals surface area contributed by atoms with E-state index in [4.69, 9.17) is 14.2 Å². The summed E-state index contributed by atoms with van der Waals surface area (Å²) in [5.74, 6) is -0.600. The summed E-state index contributed by atoms with van der Waals surface area (Å²) in [5.41, 5.74) is -0.767. The molecule has 2 unspecified atom stereocenters. The topological polar surface area (TPSA) is 78.9 Å². The third kappa shape index (κ3) is 7.04. The van der Waals surface area contributed by atoms with Crippen molar-refractivity contribution in [1.29, 1.82) is 0 Å². The zero-order valence-corrected chi connectivity index (χ0v) is 16.1. The molecule has 6 nitrogen and oxygen atoms in total. The highest BCUT2D eigenvalue weighted by Gasteiger charge is 2.46. The Hall–Kier alpha value is -1.59. The van der Waals surface area contributed by atoms with Crippen LogP contribution in [0.1, 0.15) is 79.6 Å². The minimum absolute atomic E-state index is 0.276. The van der Waals surface area contributed by atoms with Crippen LogP contribution in [0.4, 0.5) is 0 Å². The molecule has 0 aliphatic heterocycles. The van der Waals surface area contributed by atoms with E-state index in [9.17, 15) is 14.4 Å². The summed E-state index contributed by atoms with van der Waals surface area (Å²) in [6.45, 7) is 9.32. The molecule has 25 heavy (non-hydrogen) atoms. The fourth-order valence-electron chi connectivity index (χ4n) is 3.44. The number of carbonyl (C=O) groups is 3. The van der Waals surface area contributed by atoms with Gasteiger partial charge in [0.25, 0.3) is 0 Å². The first-order chi connectivity index (χ1) is 11.7. The van der Waals surface area contributed by atoms with Gasteiger partial charge in [-0.25, -0.2) is 0 Å². The minimum Gasteiger partial charge on any atom is -0.462 e. The van der Waals surface area contributed by atoms with Crippen LogP contribution in [0.5, 0.6) is 0 Å². The molecule has 2 atom stereocenters. The summed E-state index contributed by atoms with van der Waals surface area (Å²) in [4.78, 5) is 35.5. The fourth-order valence-corrected chi connectivity index (χ4v) is 3.44. The molecule has 0 heterocycles. The molecule has 144 valence electrons. The summed E-state index contributed by atoms with van der Waals surface area (Å²) in [6, 6.07) is 0. The summed E-state index contributed by atoms with van der Waals surface area (Å²) in [7, 11) is 0. The third-order valence-electron chi connectivity index (χ3n) is 4.30. The van der Waals surface area contributed by atoms with Gasteiger partial charge in [-0.2, -0.15) is 0 Å². The van der Waals surface area contributed by atoms with Crippen molar-refractivity contribution in [1.82, 2.24) is 0 Å². The van der Waals surface area contributed by atoms with Crippen molar-refractivity contribution in [3.63, 3.8) is 0 Å². The Balaban J connectivity index is 3.04. The molecule has 0 aromatic rings. The molecule has 1 rings (SSSR count). The molecule has 0 saturated heterocycles. The molecule has 6 heteroatoms. The number of carbonyl (C=O) groups excluding carboxylic acids is 3. The van der Waals surface area contributed by atoms with Crippen molar-refractivity contribution in [3.05, 3.63) is 0 Å². The van der Waals surface area contributed by atoms with Gasteiger partial charge in [-0.1, -0.05) is 34.6 Å². The molecule has 1 saturated carbocycles. The van der Waals surface area contributed by atoms with Gasteiger partial charge in [-0.15, -0.1) is 0 Å². The van der Waals surface area contributed by atoms with E-state index in [2.05, 4.69) is 13.8 Å². The molecule has 1 fully saturated rings. The van der Waals surface area contributed by atoms with Crippen LogP contribution >= 0.6 is 0 Å². The normalized spacial score (nSPS) is 26.2. The van der Waals surface area contributed by atoms with Crippen LogP contribution in [0.2, 0.25) is 0 Å². The van der Waals surface area contributed by atoms with Gasteiger partial charge in [-0.05, 0) is 12.3 Å². The second-order valence-electron chi connectivity index (χ2n) is 7.18. The Labute approximate surface area is 150 Å². The van der Waals surface area contributed by atoms with Gasteiger partial charge in [0, 0.05) is 38.5 Å². The molecule has 0 amide bonds. The van der Waals surface area contributed by atoms with Crippen molar-refractivity contribution >= 4 is 17.9 Å². The van der Waals surface area contributed by atoms with E-state index in [0.717, 1.165) is 0 Å². The van der Waals surface area contributed by atoms with E-state index in [1.807, 2.05) is 0 Å². The van der Waals surface area contributed by atoms with Gasteiger partial charge in [-0.3, -0.25) is 14.4 Å². The molecule has 0 bridgehead atoms. The monoisotopic (exact) mass is 356 g/mol. The number of hydrogen-bond acceptors (Lipinski definition) is 6. The van der Waals surface area contributed by atoms with Crippen molar-refractivity contribution < 1.29 is 28.6 Å². The zero-order valence-electron chi connectivity index (χ0n) is 16.1. The van der Waals surface area contributed by atoms with E-state index in [1.54, 1.807) is 20.8 Å². The van der Waals surface area contributed by atoms with Gasteiger partial charge in [0.15, 0.2) is 0 Å². The average Bonchev–Trinajstić information content (AvgIpc) is 2.52. The standard InChI is InChI=1S/C19H32O6/c1-6-16(20)23-14-9-15(24-17(21)7-2)12-19(11-14,10-13(4)5)25-18(22)8-3/h13-15H,6-12H2,1-5H3. The minimum atomic E-state index is -0.767. The maximum Gasteiger partial charge on any atom is 0.306 e. The zero-order chi connectivity index (χ0) is 19.0. The molecule has 1 aliphatic rings. The average molecular weight is 356 g/mol. The van der Waals surface area contributed by atoms with Crippen molar-refractivity contribution in [2.75, 3.05) is 0 Å². The molecule has 0 aromatic carbocycles. The largest absolute Gasteiger partial charge is 0.462 e. The summed E-state index contributed by atoms with van der Waals surface area (Å²) in [5, 5.41) is 0. The van der Waals surface area contributed by atoms with E-state index in [1.165, 1.54) is 0 Å². The second kappa shape index (κ2) is 9.78. The van der Waals surface area contributed by atoms with E-state index in [0.29, 0.717) is 25.7 Å². The van der Waals surface area contributed by atoms with Crippen molar-refractivity contribution in [3.8, 4) is 0 Å². The van der Waals surface area contributed by atoms with Crippen molar-refractivity contribution in [2.24, 2.45) is 5.92 Å². The first-order valence-electron chi connectivity index (χ1n) is 9.34. The summed E-state index contributed by atoms with van der Waals surface area (Å²) in [6.07, 6.45) is 1.98. The van der Waals surface area contributed by atoms with Crippen LogP contribution in [0.3, 0.4) is 0 Å². The maximum atomic E-state index is 12.0. The Morgan fingerprint density at radius 2 is 1.32 bits per heavy atom. The molecule has 0 N–H and O–H groups in total. The number of esters is 3. The summed E-state index contributed by atoms with van der Waals surface area (Å²) < 4.78 is 16.8. The van der Waals surface area contributed by atoms with Gasteiger partial charge in [0.1, 0.15) is 17.8 Å². The van der Waals surface area contributed by atoms with Gasteiger partial charge in [0.2, 0.25) is 0 Å². The number of rotatable bonds is 8. The van der Waals surface area contributed by atoms with E-state index >= 15 is 0 Å². The third-order valence-corrected chi connectivity index (χ3v) is 4.30. The predicted octanol–water partition coefficient (Wildman–Crippen LogP) is 3.55. The molecule has 0 spiro atoms. The first-order valence-corrected chi connectivity index (χ1v) is 9.34. The van der Waals surface area contributed by atoms with Crippen LogP contribution in [0.15, 0.2) is 0 Å². The summed E-state index contributed by atoms with van der Waals surface area (Å²) >= 11 is 0. The maximum absolute atomic E-state index is 12.0. The van der Waals surface area contributed by atoms with Crippen LogP contribution in [-0.4, -0.2) is 35.7 Å². The number of ether oxygens (including phenoxy) is 3. The molecule has 0 aromatic heterocycles. The van der Waals surface area contributed by atoms with Gasteiger partial charge in [0.05, 0.1) is 0 Å². The lowest BCUT2D eigenvalue weighted by Gasteiger charge is -2.43. The molecular formula is C19H32O6. The van der Waals surface area contributed by atoms with E-state index < -0.39 is 17.8 Å². The lowest BCUT2D eigenvalue weighted by molar-refractivity contribution is -0.188. The van der Waals surface area contributed by atoms with Crippen LogP contribution in [-0.2, 0) is 28.6 Å². The van der Waals surface area contributed by atoms with Crippen LogP contribution in [0, 0.1) is 5.92 Å². The number of hydrogen-bond donors (Lipinski definition) is 0. The lowest BCUT2D eigenvalue weighted by atomic mass is 9.76. The SMILES string of the molecule is CCC(=O)OC1CC(OC(=O)CC)CC(CC(C)C)(OC(=O)CC)C1. The highest BCUT2D eigenvalue weighted by atomic mass is 16.6. The van der Waals surface area contributed by atoms with E-state index in [-0.39, 0.29) is 43.1 Å². The van der Waals surface area contributed by atoms with Crippen LogP contribution < -0.4 is 0 Å². The second-order valence-corrected chi connectivity index (χ2v) is 7.18. The quantitative estimate of drug-likeness (QED) is 0.489. The van der Waals surface area contributed by atoms with Gasteiger partial charge < -0.3 is 14.2 Å². The smallest absolute Gasteiger partial charge is 0.306 e. The van der Waals surface area contributed by atoms with Crippen LogP contribution in [0.25, 0.3) is 0 Å². The van der Waals surface area contributed by atoms with Crippen molar-refractivity contribution in [2.45, 2.75) is 97.4 Å². The Kier molecular flexibility index (Phi) is 8.39. The molecular weight excluding hydrogens is 324 g/mol.